The van der Waals surface area contributed by atoms with Gasteiger partial charge in [-0.3, -0.25) is 9.59 Å². The number of carboxylic acids is 1. The van der Waals surface area contributed by atoms with Crippen LogP contribution in [0.25, 0.3) is 0 Å². The number of hydrogen-bond donors (Lipinski definition) is 2. The molecule has 1 aromatic carbocycles. The molecule has 0 radical (unpaired) electrons. The fourth-order valence-electron chi connectivity index (χ4n) is 4.13. The second kappa shape index (κ2) is 5.71. The zero-order chi connectivity index (χ0) is 15.9. The molecule has 4 rings (SSSR count). The Hall–Kier alpha value is -1.91. The minimum absolute atomic E-state index is 0.0897. The highest BCUT2D eigenvalue weighted by molar-refractivity contribution is 5.96. The number of nitrogens with one attached hydrogen (secondary N) is 1. The van der Waals surface area contributed by atoms with E-state index in [-0.39, 0.29) is 17.7 Å². The molecule has 5 heteroatoms. The highest BCUT2D eigenvalue weighted by atomic mass is 19.1. The molecule has 1 amide bonds. The summed E-state index contributed by atoms with van der Waals surface area (Å²) in [5.74, 6) is -2.48. The van der Waals surface area contributed by atoms with Crippen molar-refractivity contribution >= 4 is 17.6 Å². The Balaban J connectivity index is 1.84. The molecule has 2 N–H and O–H groups in total. The lowest BCUT2D eigenvalue weighted by molar-refractivity contribution is -0.156. The quantitative estimate of drug-likeness (QED) is 0.901. The summed E-state index contributed by atoms with van der Waals surface area (Å²) in [5, 5.41) is 12.3. The van der Waals surface area contributed by atoms with Gasteiger partial charge in [0.05, 0.1) is 11.8 Å². The lowest BCUT2D eigenvalue weighted by Crippen LogP contribution is -2.49. The SMILES string of the molecule is Cc1ccc(F)cc1NC(=O)C1C2CCC(CC2)C1C(=O)O. The fraction of sp³-hybridized carbons (Fsp3) is 0.529. The molecular formula is C17H20FNO3. The smallest absolute Gasteiger partial charge is 0.307 e. The lowest BCUT2D eigenvalue weighted by Gasteiger charge is -2.45. The van der Waals surface area contributed by atoms with Gasteiger partial charge in [-0.2, -0.15) is 0 Å². The Bertz CT molecular complexity index is 608. The van der Waals surface area contributed by atoms with Crippen molar-refractivity contribution in [3.8, 4) is 0 Å². The van der Waals surface area contributed by atoms with Crippen LogP contribution in [-0.4, -0.2) is 17.0 Å². The molecule has 0 heterocycles. The van der Waals surface area contributed by atoms with Crippen molar-refractivity contribution in [2.75, 3.05) is 5.32 Å². The van der Waals surface area contributed by atoms with E-state index >= 15 is 0 Å². The van der Waals surface area contributed by atoms with E-state index in [2.05, 4.69) is 5.32 Å². The monoisotopic (exact) mass is 305 g/mol. The van der Waals surface area contributed by atoms with Gasteiger partial charge in [0.15, 0.2) is 0 Å². The number of aryl methyl sites for hydroxylation is 1. The summed E-state index contributed by atoms with van der Waals surface area (Å²) < 4.78 is 13.3. The Morgan fingerprint density at radius 3 is 2.32 bits per heavy atom. The fourth-order valence-corrected chi connectivity index (χ4v) is 4.13. The first-order valence-electron chi connectivity index (χ1n) is 7.77. The molecule has 22 heavy (non-hydrogen) atoms. The Morgan fingerprint density at radius 1 is 1.14 bits per heavy atom. The number of aliphatic carboxylic acids is 1. The number of halogens is 1. The van der Waals surface area contributed by atoms with E-state index in [1.54, 1.807) is 13.0 Å². The van der Waals surface area contributed by atoms with Gasteiger partial charge in [0.25, 0.3) is 0 Å². The minimum Gasteiger partial charge on any atom is -0.481 e. The Labute approximate surface area is 128 Å². The molecule has 1 aromatic rings. The molecule has 118 valence electrons. The van der Waals surface area contributed by atoms with Crippen molar-refractivity contribution in [2.45, 2.75) is 32.6 Å². The number of amides is 1. The number of anilines is 1. The molecule has 0 saturated heterocycles. The molecule has 0 aromatic heterocycles. The molecule has 3 aliphatic carbocycles. The molecule has 0 spiro atoms. The van der Waals surface area contributed by atoms with E-state index in [1.807, 2.05) is 0 Å². The highest BCUT2D eigenvalue weighted by Crippen LogP contribution is 2.49. The third-order valence-electron chi connectivity index (χ3n) is 5.26. The van der Waals surface area contributed by atoms with Crippen LogP contribution in [0.1, 0.15) is 31.2 Å². The van der Waals surface area contributed by atoms with Gasteiger partial charge in [0, 0.05) is 5.69 Å². The van der Waals surface area contributed by atoms with Crippen LogP contribution in [-0.2, 0) is 9.59 Å². The second-order valence-electron chi connectivity index (χ2n) is 6.51. The van der Waals surface area contributed by atoms with E-state index in [9.17, 15) is 19.1 Å². The first-order valence-corrected chi connectivity index (χ1v) is 7.77. The normalized spacial score (nSPS) is 30.1. The van der Waals surface area contributed by atoms with Gasteiger partial charge in [-0.25, -0.2) is 4.39 Å². The summed E-state index contributed by atoms with van der Waals surface area (Å²) in [4.78, 5) is 24.2. The highest BCUT2D eigenvalue weighted by Gasteiger charge is 2.50. The van der Waals surface area contributed by atoms with Crippen molar-refractivity contribution in [1.82, 2.24) is 0 Å². The van der Waals surface area contributed by atoms with Crippen molar-refractivity contribution in [2.24, 2.45) is 23.7 Å². The summed E-state index contributed by atoms with van der Waals surface area (Å²) in [6.45, 7) is 1.79. The summed E-state index contributed by atoms with van der Waals surface area (Å²) in [6, 6.07) is 4.23. The van der Waals surface area contributed by atoms with Crippen LogP contribution < -0.4 is 5.32 Å². The van der Waals surface area contributed by atoms with Crippen molar-refractivity contribution in [3.63, 3.8) is 0 Å². The van der Waals surface area contributed by atoms with Crippen LogP contribution in [0.3, 0.4) is 0 Å². The van der Waals surface area contributed by atoms with Crippen LogP contribution in [0.5, 0.6) is 0 Å². The third kappa shape index (κ3) is 2.60. The van der Waals surface area contributed by atoms with Gasteiger partial charge >= 0.3 is 5.97 Å². The van der Waals surface area contributed by atoms with Crippen molar-refractivity contribution in [1.29, 1.82) is 0 Å². The number of benzene rings is 1. The summed E-state index contributed by atoms with van der Waals surface area (Å²) in [5.41, 5.74) is 1.19. The van der Waals surface area contributed by atoms with E-state index in [0.29, 0.717) is 5.69 Å². The molecule has 3 aliphatic rings. The lowest BCUT2D eigenvalue weighted by atomic mass is 9.58. The number of hydrogen-bond acceptors (Lipinski definition) is 2. The Morgan fingerprint density at radius 2 is 1.73 bits per heavy atom. The van der Waals surface area contributed by atoms with Crippen LogP contribution in [0, 0.1) is 36.4 Å². The van der Waals surface area contributed by atoms with Crippen LogP contribution in [0.4, 0.5) is 10.1 Å². The first kappa shape index (κ1) is 15.0. The zero-order valence-electron chi connectivity index (χ0n) is 12.5. The minimum atomic E-state index is -0.884. The first-order chi connectivity index (χ1) is 10.5. The largest absolute Gasteiger partial charge is 0.481 e. The van der Waals surface area contributed by atoms with Gasteiger partial charge in [-0.1, -0.05) is 6.07 Å². The maximum atomic E-state index is 13.3. The van der Waals surface area contributed by atoms with Gasteiger partial charge in [0.1, 0.15) is 5.82 Å². The second-order valence-corrected chi connectivity index (χ2v) is 6.51. The molecule has 2 atom stereocenters. The third-order valence-corrected chi connectivity index (χ3v) is 5.26. The number of rotatable bonds is 3. The molecule has 2 unspecified atom stereocenters. The maximum Gasteiger partial charge on any atom is 0.307 e. The molecule has 3 fully saturated rings. The van der Waals surface area contributed by atoms with E-state index in [0.717, 1.165) is 31.2 Å². The van der Waals surface area contributed by atoms with Crippen LogP contribution in [0.2, 0.25) is 0 Å². The van der Waals surface area contributed by atoms with Crippen LogP contribution >= 0.6 is 0 Å². The predicted molar refractivity (Wildman–Crippen MR) is 79.8 cm³/mol. The molecule has 4 nitrogen and oxygen atoms in total. The van der Waals surface area contributed by atoms with Crippen molar-refractivity contribution < 1.29 is 19.1 Å². The molecule has 0 aliphatic heterocycles. The standard InChI is InChI=1S/C17H20FNO3/c1-9-2-7-12(18)8-13(9)19-16(20)14-10-3-5-11(6-4-10)15(14)17(21)22/h2,7-8,10-11,14-15H,3-6H2,1H3,(H,19,20)(H,21,22). The summed E-state index contributed by atoms with van der Waals surface area (Å²) in [7, 11) is 0. The van der Waals surface area contributed by atoms with Gasteiger partial charge in [-0.05, 0) is 62.1 Å². The number of carboxylic acid groups (broad SMARTS) is 1. The topological polar surface area (TPSA) is 66.4 Å². The molecule has 3 saturated carbocycles. The summed E-state index contributed by atoms with van der Waals surface area (Å²) >= 11 is 0. The van der Waals surface area contributed by atoms with E-state index < -0.39 is 23.6 Å². The summed E-state index contributed by atoms with van der Waals surface area (Å²) in [6.07, 6.45) is 3.61. The van der Waals surface area contributed by atoms with Gasteiger partial charge < -0.3 is 10.4 Å². The Kier molecular flexibility index (Phi) is 3.89. The number of fused-ring (bicyclic) bond motifs is 3. The average molecular weight is 305 g/mol. The van der Waals surface area contributed by atoms with E-state index in [1.165, 1.54) is 12.1 Å². The van der Waals surface area contributed by atoms with Gasteiger partial charge in [0.2, 0.25) is 5.91 Å². The maximum absolute atomic E-state index is 13.3. The van der Waals surface area contributed by atoms with Crippen LogP contribution in [0.15, 0.2) is 18.2 Å². The molecule has 2 bridgehead atoms. The van der Waals surface area contributed by atoms with Gasteiger partial charge in [-0.15, -0.1) is 0 Å². The predicted octanol–water partition coefficient (Wildman–Crippen LogP) is 3.21. The van der Waals surface area contributed by atoms with Crippen molar-refractivity contribution in [3.05, 3.63) is 29.6 Å². The average Bonchev–Trinajstić information content (AvgIpc) is 2.51. The number of carbonyl (C=O) groups is 2. The number of carbonyl (C=O) groups excluding carboxylic acids is 1. The molecular weight excluding hydrogens is 285 g/mol. The zero-order valence-corrected chi connectivity index (χ0v) is 12.5. The van der Waals surface area contributed by atoms with E-state index in [4.69, 9.17) is 0 Å².